The molecule has 0 spiro atoms. The van der Waals surface area contributed by atoms with Gasteiger partial charge in [-0.05, 0) is 25.0 Å². The molecule has 2 aromatic heterocycles. The Kier molecular flexibility index (Phi) is 5.11. The number of amides is 1. The van der Waals surface area contributed by atoms with Crippen LogP contribution >= 0.6 is 34.7 Å². The maximum atomic E-state index is 14.2. The minimum Gasteiger partial charge on any atom is -0.341 e. The first kappa shape index (κ1) is 19.6. The smallest absolute Gasteiger partial charge is 0.269 e. The second kappa shape index (κ2) is 7.29. The summed E-state index contributed by atoms with van der Waals surface area (Å²) in [5, 5.41) is 6.68. The van der Waals surface area contributed by atoms with Crippen LogP contribution in [0.25, 0.3) is 17.2 Å². The first-order valence-corrected chi connectivity index (χ1v) is 10.2. The standard InChI is InChI=1S/C17H17Cl2F2N5OS/c18-15-9(10-7-23-26-8-25(19)5-3-12(10)26)6-13(28-15)16(27)24-14-11(22)2-1-4-17(14,20)21/h3,5-7,11,14H,1-2,4,8,22H2,(H,24,27). The first-order valence-electron chi connectivity index (χ1n) is 8.66. The van der Waals surface area contributed by atoms with E-state index >= 15 is 0 Å². The molecule has 6 nitrogen and oxygen atoms in total. The number of hydrogen-bond donors (Lipinski definition) is 2. The SMILES string of the molecule is NC1CCCC(F)(F)C1NC(=O)c1cc(-c2cnn3c2C=CN(Cl)C3)c(Cl)s1. The molecule has 150 valence electrons. The van der Waals surface area contributed by atoms with Gasteiger partial charge >= 0.3 is 0 Å². The lowest BCUT2D eigenvalue weighted by Gasteiger charge is -2.36. The van der Waals surface area contributed by atoms with Crippen LogP contribution in [0.3, 0.4) is 0 Å². The predicted molar refractivity (Wildman–Crippen MR) is 105 cm³/mol. The van der Waals surface area contributed by atoms with Gasteiger partial charge in [-0.15, -0.1) is 11.3 Å². The molecule has 11 heteroatoms. The second-order valence-corrected chi connectivity index (χ2v) is 8.95. The molecule has 0 saturated heterocycles. The van der Waals surface area contributed by atoms with Gasteiger partial charge in [-0.1, -0.05) is 11.6 Å². The Morgan fingerprint density at radius 1 is 1.43 bits per heavy atom. The number of nitrogens with one attached hydrogen (secondary N) is 1. The molecule has 0 aromatic carbocycles. The van der Waals surface area contributed by atoms with Crippen LogP contribution in [0, 0.1) is 0 Å². The highest BCUT2D eigenvalue weighted by Gasteiger charge is 2.46. The number of hydrogen-bond acceptors (Lipinski definition) is 5. The van der Waals surface area contributed by atoms with Gasteiger partial charge in [0.05, 0.1) is 16.8 Å². The summed E-state index contributed by atoms with van der Waals surface area (Å²) in [5.41, 5.74) is 7.98. The molecule has 1 fully saturated rings. The summed E-state index contributed by atoms with van der Waals surface area (Å²) >= 11 is 13.3. The van der Waals surface area contributed by atoms with Gasteiger partial charge in [-0.3, -0.25) is 9.21 Å². The van der Waals surface area contributed by atoms with Crippen molar-refractivity contribution in [3.8, 4) is 11.1 Å². The highest BCUT2D eigenvalue weighted by Crippen LogP contribution is 2.39. The largest absolute Gasteiger partial charge is 0.341 e. The molecule has 28 heavy (non-hydrogen) atoms. The zero-order chi connectivity index (χ0) is 20.1. The number of fused-ring (bicyclic) bond motifs is 1. The lowest BCUT2D eigenvalue weighted by molar-refractivity contribution is -0.0674. The molecule has 4 rings (SSSR count). The van der Waals surface area contributed by atoms with Crippen molar-refractivity contribution < 1.29 is 13.6 Å². The number of rotatable bonds is 3. The number of thiophene rings is 1. The second-order valence-electron chi connectivity index (χ2n) is 6.87. The predicted octanol–water partition coefficient (Wildman–Crippen LogP) is 3.91. The fraction of sp³-hybridized carbons (Fsp3) is 0.412. The van der Waals surface area contributed by atoms with Gasteiger partial charge in [-0.2, -0.15) is 5.10 Å². The fourth-order valence-corrected chi connectivity index (χ4v) is 4.88. The minimum atomic E-state index is -3.03. The molecule has 1 aliphatic carbocycles. The van der Waals surface area contributed by atoms with Crippen molar-refractivity contribution in [1.82, 2.24) is 19.5 Å². The quantitative estimate of drug-likeness (QED) is 0.699. The molecule has 2 aromatic rings. The van der Waals surface area contributed by atoms with Gasteiger partial charge in [0, 0.05) is 41.6 Å². The summed E-state index contributed by atoms with van der Waals surface area (Å²) in [4.78, 5) is 12.8. The normalized spacial score (nSPS) is 23.5. The number of aromatic nitrogens is 2. The number of nitrogens with two attached hydrogens (primary N) is 1. The van der Waals surface area contributed by atoms with E-state index in [1.165, 1.54) is 4.42 Å². The van der Waals surface area contributed by atoms with E-state index in [2.05, 4.69) is 10.4 Å². The van der Waals surface area contributed by atoms with E-state index in [0.717, 1.165) is 22.6 Å². The lowest BCUT2D eigenvalue weighted by Crippen LogP contribution is -2.59. The van der Waals surface area contributed by atoms with E-state index in [9.17, 15) is 13.6 Å². The number of carbonyl (C=O) groups excluding carboxylic acids is 1. The average Bonchev–Trinajstić information content (AvgIpc) is 3.20. The van der Waals surface area contributed by atoms with E-state index < -0.39 is 23.9 Å². The Bertz CT molecular complexity index is 944. The van der Waals surface area contributed by atoms with Crippen molar-refractivity contribution in [2.45, 2.75) is 43.9 Å². The molecule has 2 aliphatic rings. The average molecular weight is 448 g/mol. The van der Waals surface area contributed by atoms with Crippen LogP contribution in [0.4, 0.5) is 8.78 Å². The summed E-state index contributed by atoms with van der Waals surface area (Å²) in [6.07, 6.45) is 5.63. The van der Waals surface area contributed by atoms with Gasteiger partial charge in [0.2, 0.25) is 0 Å². The third kappa shape index (κ3) is 3.52. The molecule has 3 heterocycles. The monoisotopic (exact) mass is 447 g/mol. The van der Waals surface area contributed by atoms with Crippen LogP contribution < -0.4 is 11.1 Å². The molecular formula is C17H17Cl2F2N5OS. The molecular weight excluding hydrogens is 431 g/mol. The Morgan fingerprint density at radius 3 is 2.96 bits per heavy atom. The Balaban J connectivity index is 1.59. The summed E-state index contributed by atoms with van der Waals surface area (Å²) < 4.78 is 31.9. The van der Waals surface area contributed by atoms with E-state index in [1.54, 1.807) is 29.2 Å². The van der Waals surface area contributed by atoms with Crippen molar-refractivity contribution in [3.05, 3.63) is 33.4 Å². The van der Waals surface area contributed by atoms with Gasteiger partial charge in [0.15, 0.2) is 0 Å². The number of alkyl halides is 2. The van der Waals surface area contributed by atoms with Crippen molar-refractivity contribution in [1.29, 1.82) is 0 Å². The van der Waals surface area contributed by atoms with Crippen LogP contribution in [-0.4, -0.2) is 38.1 Å². The van der Waals surface area contributed by atoms with Crippen LogP contribution in [0.15, 0.2) is 18.5 Å². The summed E-state index contributed by atoms with van der Waals surface area (Å²) in [6.45, 7) is 0.372. The Hall–Kier alpha value is -1.68. The van der Waals surface area contributed by atoms with Gasteiger partial charge < -0.3 is 11.1 Å². The number of nitrogens with zero attached hydrogens (tertiary/aromatic N) is 3. The van der Waals surface area contributed by atoms with E-state index in [4.69, 9.17) is 29.1 Å². The highest BCUT2D eigenvalue weighted by atomic mass is 35.5. The number of carbonyl (C=O) groups is 1. The molecule has 3 N–H and O–H groups in total. The molecule has 1 aliphatic heterocycles. The maximum absolute atomic E-state index is 14.2. The van der Waals surface area contributed by atoms with Crippen LogP contribution in [0.2, 0.25) is 4.34 Å². The molecule has 0 bridgehead atoms. The van der Waals surface area contributed by atoms with Gasteiger partial charge in [0.1, 0.15) is 17.0 Å². The van der Waals surface area contributed by atoms with Crippen molar-refractivity contribution >= 4 is 46.7 Å². The van der Waals surface area contributed by atoms with Gasteiger partial charge in [0.25, 0.3) is 11.8 Å². The van der Waals surface area contributed by atoms with Crippen LogP contribution in [0.1, 0.15) is 34.6 Å². The first-order chi connectivity index (χ1) is 13.3. The topological polar surface area (TPSA) is 76.2 Å². The molecule has 1 amide bonds. The number of halogens is 4. The molecule has 1 saturated carbocycles. The van der Waals surface area contributed by atoms with Crippen molar-refractivity contribution in [3.63, 3.8) is 0 Å². The summed E-state index contributed by atoms with van der Waals surface area (Å²) in [5.74, 6) is -3.63. The van der Waals surface area contributed by atoms with E-state index in [0.29, 0.717) is 29.4 Å². The van der Waals surface area contributed by atoms with Crippen LogP contribution in [0.5, 0.6) is 0 Å². The maximum Gasteiger partial charge on any atom is 0.269 e. The minimum absolute atomic E-state index is 0.243. The highest BCUT2D eigenvalue weighted by molar-refractivity contribution is 7.18. The van der Waals surface area contributed by atoms with Gasteiger partial charge in [-0.25, -0.2) is 13.5 Å². The Labute approximate surface area is 174 Å². The Morgan fingerprint density at radius 2 is 2.21 bits per heavy atom. The molecule has 0 radical (unpaired) electrons. The van der Waals surface area contributed by atoms with E-state index in [-0.39, 0.29) is 11.3 Å². The molecule has 2 unspecified atom stereocenters. The van der Waals surface area contributed by atoms with Crippen molar-refractivity contribution in [2.24, 2.45) is 5.73 Å². The zero-order valence-electron chi connectivity index (χ0n) is 14.5. The van der Waals surface area contributed by atoms with E-state index in [1.807, 2.05) is 0 Å². The fourth-order valence-electron chi connectivity index (χ4n) is 3.52. The lowest BCUT2D eigenvalue weighted by atomic mass is 9.87. The zero-order valence-corrected chi connectivity index (χ0v) is 16.9. The summed E-state index contributed by atoms with van der Waals surface area (Å²) in [7, 11) is 0. The van der Waals surface area contributed by atoms with Crippen LogP contribution in [-0.2, 0) is 6.67 Å². The third-order valence-corrected chi connectivity index (χ3v) is 6.54. The third-order valence-electron chi connectivity index (χ3n) is 4.96. The summed E-state index contributed by atoms with van der Waals surface area (Å²) in [6, 6.07) is -0.582. The molecule has 2 atom stereocenters. The van der Waals surface area contributed by atoms with Crippen molar-refractivity contribution in [2.75, 3.05) is 0 Å².